The molecule has 23 heavy (non-hydrogen) atoms. The Morgan fingerprint density at radius 2 is 1.65 bits per heavy atom. The minimum absolute atomic E-state index is 0.177. The van der Waals surface area contributed by atoms with E-state index in [2.05, 4.69) is 15.0 Å². The molecular weight excluding hydrogens is 288 g/mol. The lowest BCUT2D eigenvalue weighted by Crippen LogP contribution is -2.17. The number of nitrogens with one attached hydrogen (secondary N) is 1. The molecule has 0 spiro atoms. The lowest BCUT2D eigenvalue weighted by atomic mass is 10.2. The van der Waals surface area contributed by atoms with Crippen molar-refractivity contribution in [2.45, 2.75) is 6.54 Å². The van der Waals surface area contributed by atoms with E-state index in [-0.39, 0.29) is 5.69 Å². The second kappa shape index (κ2) is 5.53. The first kappa shape index (κ1) is 13.5. The Morgan fingerprint density at radius 3 is 2.39 bits per heavy atom. The van der Waals surface area contributed by atoms with Crippen LogP contribution < -0.4 is 5.69 Å². The molecule has 0 unspecified atom stereocenters. The Kier molecular flexibility index (Phi) is 3.24. The number of imidazole rings is 1. The molecule has 1 N–H and O–H groups in total. The molecule has 0 saturated carbocycles. The van der Waals surface area contributed by atoms with Crippen LogP contribution in [0, 0.1) is 0 Å². The average molecular weight is 302 g/mol. The van der Waals surface area contributed by atoms with E-state index in [0.29, 0.717) is 23.5 Å². The van der Waals surface area contributed by atoms with Crippen molar-refractivity contribution in [2.75, 3.05) is 0 Å². The molecule has 0 fully saturated rings. The lowest BCUT2D eigenvalue weighted by Gasteiger charge is -2.04. The van der Waals surface area contributed by atoms with Crippen molar-refractivity contribution in [3.05, 3.63) is 82.9 Å². The van der Waals surface area contributed by atoms with Crippen LogP contribution in [0.3, 0.4) is 0 Å². The zero-order valence-corrected chi connectivity index (χ0v) is 12.3. The fourth-order valence-electron chi connectivity index (χ4n) is 2.58. The maximum atomic E-state index is 12.2. The molecular formula is C18H14N4O. The zero-order valence-electron chi connectivity index (χ0n) is 12.3. The van der Waals surface area contributed by atoms with Gasteiger partial charge in [-0.05, 0) is 5.56 Å². The van der Waals surface area contributed by atoms with Crippen molar-refractivity contribution < 1.29 is 0 Å². The summed E-state index contributed by atoms with van der Waals surface area (Å²) in [6.07, 6.45) is 1.66. The van der Waals surface area contributed by atoms with E-state index in [1.165, 1.54) is 0 Å². The van der Waals surface area contributed by atoms with Crippen molar-refractivity contribution >= 4 is 11.2 Å². The highest BCUT2D eigenvalue weighted by molar-refractivity contribution is 5.72. The second-order valence-electron chi connectivity index (χ2n) is 5.30. The van der Waals surface area contributed by atoms with Crippen LogP contribution in [-0.4, -0.2) is 19.5 Å². The van der Waals surface area contributed by atoms with E-state index < -0.39 is 0 Å². The SMILES string of the molecule is O=c1[nH]c2cnc(-c3ccccc3)nc2n1Cc1ccccc1. The Labute approximate surface area is 132 Å². The Balaban J connectivity index is 1.84. The molecule has 2 heterocycles. The summed E-state index contributed by atoms with van der Waals surface area (Å²) in [5.41, 5.74) is 3.06. The molecule has 5 nitrogen and oxygen atoms in total. The van der Waals surface area contributed by atoms with Crippen LogP contribution in [0.5, 0.6) is 0 Å². The van der Waals surface area contributed by atoms with Gasteiger partial charge in [-0.25, -0.2) is 14.8 Å². The number of aromatic amines is 1. The molecule has 0 saturated heterocycles. The normalized spacial score (nSPS) is 11.0. The lowest BCUT2D eigenvalue weighted by molar-refractivity contribution is 0.778. The van der Waals surface area contributed by atoms with Crippen molar-refractivity contribution in [3.8, 4) is 11.4 Å². The van der Waals surface area contributed by atoms with Crippen LogP contribution in [0.25, 0.3) is 22.6 Å². The van der Waals surface area contributed by atoms with Crippen LogP contribution in [0.1, 0.15) is 5.56 Å². The van der Waals surface area contributed by atoms with E-state index in [4.69, 9.17) is 0 Å². The van der Waals surface area contributed by atoms with E-state index in [1.807, 2.05) is 60.7 Å². The number of hydrogen-bond acceptors (Lipinski definition) is 3. The molecule has 2 aromatic carbocycles. The molecule has 0 aliphatic rings. The first-order chi connectivity index (χ1) is 11.3. The molecule has 0 aliphatic carbocycles. The van der Waals surface area contributed by atoms with Gasteiger partial charge in [-0.3, -0.25) is 4.57 Å². The molecule has 2 aromatic heterocycles. The topological polar surface area (TPSA) is 63.6 Å². The molecule has 0 atom stereocenters. The van der Waals surface area contributed by atoms with Crippen molar-refractivity contribution in [2.24, 2.45) is 0 Å². The van der Waals surface area contributed by atoms with Gasteiger partial charge in [0.2, 0.25) is 0 Å². The number of aromatic nitrogens is 4. The van der Waals surface area contributed by atoms with E-state index in [0.717, 1.165) is 11.1 Å². The van der Waals surface area contributed by atoms with Crippen LogP contribution in [0.15, 0.2) is 71.7 Å². The van der Waals surface area contributed by atoms with E-state index in [9.17, 15) is 4.79 Å². The predicted molar refractivity (Wildman–Crippen MR) is 89.1 cm³/mol. The monoisotopic (exact) mass is 302 g/mol. The molecule has 4 aromatic rings. The third-order valence-electron chi connectivity index (χ3n) is 3.73. The summed E-state index contributed by atoms with van der Waals surface area (Å²) >= 11 is 0. The highest BCUT2D eigenvalue weighted by Crippen LogP contribution is 2.17. The van der Waals surface area contributed by atoms with Crippen molar-refractivity contribution in [1.82, 2.24) is 19.5 Å². The molecule has 0 bridgehead atoms. The fraction of sp³-hybridized carbons (Fsp3) is 0.0556. The number of benzene rings is 2. The third-order valence-corrected chi connectivity index (χ3v) is 3.73. The zero-order chi connectivity index (χ0) is 15.6. The predicted octanol–water partition coefficient (Wildman–Crippen LogP) is 2.83. The molecule has 0 aliphatic heterocycles. The van der Waals surface area contributed by atoms with Gasteiger partial charge >= 0.3 is 5.69 Å². The Morgan fingerprint density at radius 1 is 0.957 bits per heavy atom. The van der Waals surface area contributed by atoms with Gasteiger partial charge in [0.05, 0.1) is 12.7 Å². The molecule has 0 radical (unpaired) electrons. The quantitative estimate of drug-likeness (QED) is 0.633. The van der Waals surface area contributed by atoms with Gasteiger partial charge < -0.3 is 4.98 Å². The molecule has 112 valence electrons. The number of H-pyrrole nitrogens is 1. The van der Waals surface area contributed by atoms with Gasteiger partial charge in [-0.1, -0.05) is 60.7 Å². The smallest absolute Gasteiger partial charge is 0.303 e. The standard InChI is InChI=1S/C18H14N4O/c23-18-20-15-11-19-16(14-9-5-2-6-10-14)21-17(15)22(18)12-13-7-3-1-4-8-13/h1-11H,12H2,(H,20,23). The summed E-state index contributed by atoms with van der Waals surface area (Å²) in [6, 6.07) is 19.6. The first-order valence-corrected chi connectivity index (χ1v) is 7.36. The number of rotatable bonds is 3. The first-order valence-electron chi connectivity index (χ1n) is 7.36. The summed E-state index contributed by atoms with van der Waals surface area (Å²) in [7, 11) is 0. The number of fused-ring (bicyclic) bond motifs is 1. The number of nitrogens with zero attached hydrogens (tertiary/aromatic N) is 3. The van der Waals surface area contributed by atoms with Gasteiger partial charge in [0.25, 0.3) is 0 Å². The minimum atomic E-state index is -0.177. The van der Waals surface area contributed by atoms with E-state index in [1.54, 1.807) is 10.8 Å². The van der Waals surface area contributed by atoms with E-state index >= 15 is 0 Å². The Hall–Kier alpha value is -3.21. The van der Waals surface area contributed by atoms with Crippen LogP contribution in [-0.2, 0) is 6.54 Å². The maximum absolute atomic E-state index is 12.2. The van der Waals surface area contributed by atoms with Gasteiger partial charge in [-0.15, -0.1) is 0 Å². The van der Waals surface area contributed by atoms with Crippen LogP contribution in [0.2, 0.25) is 0 Å². The van der Waals surface area contributed by atoms with Crippen molar-refractivity contribution in [3.63, 3.8) is 0 Å². The summed E-state index contributed by atoms with van der Waals surface area (Å²) in [6.45, 7) is 0.477. The fourth-order valence-corrected chi connectivity index (χ4v) is 2.58. The van der Waals surface area contributed by atoms with Gasteiger partial charge in [-0.2, -0.15) is 0 Å². The molecule has 0 amide bonds. The highest BCUT2D eigenvalue weighted by atomic mass is 16.1. The van der Waals surface area contributed by atoms with Gasteiger partial charge in [0.15, 0.2) is 11.5 Å². The Bertz CT molecular complexity index is 1000. The van der Waals surface area contributed by atoms with Crippen molar-refractivity contribution in [1.29, 1.82) is 0 Å². The summed E-state index contributed by atoms with van der Waals surface area (Å²) in [4.78, 5) is 24.0. The second-order valence-corrected chi connectivity index (χ2v) is 5.30. The summed E-state index contributed by atoms with van der Waals surface area (Å²) < 4.78 is 1.64. The average Bonchev–Trinajstić information content (AvgIpc) is 2.92. The van der Waals surface area contributed by atoms with Crippen LogP contribution in [0.4, 0.5) is 0 Å². The van der Waals surface area contributed by atoms with Gasteiger partial charge in [0, 0.05) is 5.56 Å². The molecule has 5 heteroatoms. The van der Waals surface area contributed by atoms with Crippen LogP contribution >= 0.6 is 0 Å². The molecule has 4 rings (SSSR count). The van der Waals surface area contributed by atoms with Gasteiger partial charge in [0.1, 0.15) is 5.52 Å². The maximum Gasteiger partial charge on any atom is 0.328 e. The summed E-state index contributed by atoms with van der Waals surface area (Å²) in [5.74, 6) is 0.610. The number of hydrogen-bond donors (Lipinski definition) is 1. The third kappa shape index (κ3) is 2.53. The largest absolute Gasteiger partial charge is 0.328 e. The minimum Gasteiger partial charge on any atom is -0.303 e. The summed E-state index contributed by atoms with van der Waals surface area (Å²) in [5, 5.41) is 0. The highest BCUT2D eigenvalue weighted by Gasteiger charge is 2.11.